The number of nitriles is 1. The average Bonchev–Trinajstić information content (AvgIpc) is 3.55. The van der Waals surface area contributed by atoms with Crippen LogP contribution in [0.15, 0.2) is 93.8 Å². The molecule has 5 aromatic carbocycles. The molecule has 7 rings (SSSR count). The van der Waals surface area contributed by atoms with Gasteiger partial charge in [0.25, 0.3) is 0 Å². The second kappa shape index (κ2) is 8.35. The molecule has 0 unspecified atom stereocenters. The fourth-order valence-corrected chi connectivity index (χ4v) is 5.54. The molecular formula is C34H17N3O2. The molecule has 0 atom stereocenters. The standard InChI is InChI=1S/C34H17N3O2/c1-19-12-14-23(26(16-19)37-3)30-32-25-9-5-7-11-28(25)38-33(32)29(22-15-13-21(36-2)17-20(22)18-35)31-24-8-4-6-10-27(24)39-34(30)31/h4-17H,1H3. The lowest BCUT2D eigenvalue weighted by Gasteiger charge is -2.13. The van der Waals surface area contributed by atoms with Crippen molar-refractivity contribution in [1.82, 2.24) is 0 Å². The Balaban J connectivity index is 1.81. The monoisotopic (exact) mass is 499 g/mol. The van der Waals surface area contributed by atoms with Crippen molar-refractivity contribution in [2.45, 2.75) is 6.92 Å². The minimum absolute atomic E-state index is 0.377. The van der Waals surface area contributed by atoms with Gasteiger partial charge in [-0.2, -0.15) is 5.26 Å². The van der Waals surface area contributed by atoms with Crippen molar-refractivity contribution in [2.24, 2.45) is 0 Å². The van der Waals surface area contributed by atoms with Gasteiger partial charge in [0.15, 0.2) is 11.4 Å². The topological polar surface area (TPSA) is 58.8 Å². The van der Waals surface area contributed by atoms with Crippen LogP contribution in [0.1, 0.15) is 11.1 Å². The summed E-state index contributed by atoms with van der Waals surface area (Å²) >= 11 is 0. The minimum atomic E-state index is 0.377. The van der Waals surface area contributed by atoms with Crippen molar-refractivity contribution in [3.8, 4) is 28.3 Å². The predicted octanol–water partition coefficient (Wildman–Crippen LogP) is 10.1. The molecule has 2 aromatic heterocycles. The number of furan rings is 2. The van der Waals surface area contributed by atoms with E-state index in [1.54, 1.807) is 12.1 Å². The van der Waals surface area contributed by atoms with Crippen LogP contribution in [0.5, 0.6) is 0 Å². The summed E-state index contributed by atoms with van der Waals surface area (Å²) in [7, 11) is 0. The van der Waals surface area contributed by atoms with Gasteiger partial charge in [-0.15, -0.1) is 0 Å². The Morgan fingerprint density at radius 1 is 0.692 bits per heavy atom. The van der Waals surface area contributed by atoms with Crippen LogP contribution in [-0.2, 0) is 0 Å². The van der Waals surface area contributed by atoms with Crippen LogP contribution in [0.3, 0.4) is 0 Å². The van der Waals surface area contributed by atoms with E-state index in [1.807, 2.05) is 79.7 Å². The number of para-hydroxylation sites is 2. The summed E-state index contributed by atoms with van der Waals surface area (Å²) in [5, 5.41) is 13.5. The van der Waals surface area contributed by atoms with E-state index in [0.29, 0.717) is 44.8 Å². The third kappa shape index (κ3) is 3.17. The van der Waals surface area contributed by atoms with Crippen molar-refractivity contribution in [3.63, 3.8) is 0 Å². The van der Waals surface area contributed by atoms with Gasteiger partial charge in [0.05, 0.1) is 19.2 Å². The Morgan fingerprint density at radius 3 is 1.87 bits per heavy atom. The predicted molar refractivity (Wildman–Crippen MR) is 154 cm³/mol. The van der Waals surface area contributed by atoms with Crippen LogP contribution in [-0.4, -0.2) is 0 Å². The molecule has 0 aliphatic carbocycles. The summed E-state index contributed by atoms with van der Waals surface area (Å²) in [6.45, 7) is 17.4. The minimum Gasteiger partial charge on any atom is -0.455 e. The van der Waals surface area contributed by atoms with Crippen LogP contribution in [0.2, 0.25) is 0 Å². The zero-order valence-electron chi connectivity index (χ0n) is 20.7. The lowest BCUT2D eigenvalue weighted by atomic mass is 9.88. The van der Waals surface area contributed by atoms with E-state index >= 15 is 0 Å². The Kier molecular flexibility index (Phi) is 4.79. The first-order chi connectivity index (χ1) is 19.1. The van der Waals surface area contributed by atoms with E-state index in [2.05, 4.69) is 15.8 Å². The molecule has 2 heterocycles. The quantitative estimate of drug-likeness (QED) is 0.222. The Bertz CT molecular complexity index is 2280. The number of nitrogens with zero attached hydrogens (tertiary/aromatic N) is 3. The van der Waals surface area contributed by atoms with Crippen LogP contribution in [0.25, 0.3) is 75.8 Å². The normalized spacial score (nSPS) is 11.1. The lowest BCUT2D eigenvalue weighted by Crippen LogP contribution is -1.90. The second-order valence-electron chi connectivity index (χ2n) is 9.44. The van der Waals surface area contributed by atoms with Gasteiger partial charge in [-0.25, -0.2) is 9.69 Å². The van der Waals surface area contributed by atoms with Gasteiger partial charge in [0.1, 0.15) is 22.3 Å². The van der Waals surface area contributed by atoms with Crippen molar-refractivity contribution >= 4 is 55.3 Å². The van der Waals surface area contributed by atoms with Crippen LogP contribution >= 0.6 is 0 Å². The van der Waals surface area contributed by atoms with Gasteiger partial charge in [-0.1, -0.05) is 72.3 Å². The maximum Gasteiger partial charge on any atom is 0.195 e. The number of aryl methyl sites for hydroxylation is 1. The van der Waals surface area contributed by atoms with Gasteiger partial charge in [-0.05, 0) is 30.7 Å². The summed E-state index contributed by atoms with van der Waals surface area (Å²) in [6.07, 6.45) is 0. The second-order valence-corrected chi connectivity index (χ2v) is 9.44. The number of hydrogen-bond donors (Lipinski definition) is 0. The molecule has 0 fully saturated rings. The van der Waals surface area contributed by atoms with E-state index in [-0.39, 0.29) is 0 Å². The first-order valence-electron chi connectivity index (χ1n) is 12.3. The molecule has 0 spiro atoms. The van der Waals surface area contributed by atoms with E-state index in [4.69, 9.17) is 22.0 Å². The number of hydrogen-bond acceptors (Lipinski definition) is 3. The number of fused-ring (bicyclic) bond motifs is 6. The van der Waals surface area contributed by atoms with Crippen molar-refractivity contribution in [1.29, 1.82) is 5.26 Å². The smallest absolute Gasteiger partial charge is 0.195 e. The van der Waals surface area contributed by atoms with Gasteiger partial charge in [0, 0.05) is 43.8 Å². The van der Waals surface area contributed by atoms with Crippen LogP contribution in [0, 0.1) is 31.4 Å². The van der Waals surface area contributed by atoms with E-state index < -0.39 is 0 Å². The highest BCUT2D eigenvalue weighted by Gasteiger charge is 2.28. The highest BCUT2D eigenvalue weighted by molar-refractivity contribution is 6.30. The molecule has 0 amide bonds. The Hall–Kier alpha value is -5.83. The molecule has 0 saturated carbocycles. The third-order valence-electron chi connectivity index (χ3n) is 7.21. The molecule has 0 aliphatic heterocycles. The maximum atomic E-state index is 10.1. The van der Waals surface area contributed by atoms with Crippen molar-refractivity contribution in [2.75, 3.05) is 0 Å². The molecule has 0 N–H and O–H groups in total. The molecule has 180 valence electrons. The average molecular weight is 500 g/mol. The van der Waals surface area contributed by atoms with Gasteiger partial charge < -0.3 is 8.83 Å². The molecule has 0 radical (unpaired) electrons. The van der Waals surface area contributed by atoms with Gasteiger partial charge in [0.2, 0.25) is 0 Å². The maximum absolute atomic E-state index is 10.1. The summed E-state index contributed by atoms with van der Waals surface area (Å²) in [4.78, 5) is 7.40. The Morgan fingerprint density at radius 2 is 1.28 bits per heavy atom. The van der Waals surface area contributed by atoms with E-state index in [0.717, 1.165) is 43.8 Å². The zero-order valence-corrected chi connectivity index (χ0v) is 20.7. The summed E-state index contributed by atoms with van der Waals surface area (Å²) < 4.78 is 13.2. The molecular weight excluding hydrogens is 482 g/mol. The van der Waals surface area contributed by atoms with Crippen molar-refractivity contribution in [3.05, 3.63) is 119 Å². The van der Waals surface area contributed by atoms with E-state index in [1.165, 1.54) is 0 Å². The number of rotatable bonds is 2. The molecule has 5 nitrogen and oxygen atoms in total. The molecule has 0 bridgehead atoms. The first kappa shape index (κ1) is 22.4. The molecule has 39 heavy (non-hydrogen) atoms. The van der Waals surface area contributed by atoms with E-state index in [9.17, 15) is 5.26 Å². The fraction of sp³-hybridized carbons (Fsp3) is 0.0294. The summed E-state index contributed by atoms with van der Waals surface area (Å²) in [5.41, 5.74) is 7.83. The Labute approximate surface area is 223 Å². The molecule has 5 heteroatoms. The van der Waals surface area contributed by atoms with Crippen LogP contribution < -0.4 is 0 Å². The largest absolute Gasteiger partial charge is 0.455 e. The zero-order chi connectivity index (χ0) is 26.7. The van der Waals surface area contributed by atoms with Gasteiger partial charge >= 0.3 is 0 Å². The fourth-order valence-electron chi connectivity index (χ4n) is 5.54. The summed E-state index contributed by atoms with van der Waals surface area (Å²) in [5.74, 6) is 0. The molecule has 7 aromatic rings. The third-order valence-corrected chi connectivity index (χ3v) is 7.21. The summed E-state index contributed by atoms with van der Waals surface area (Å²) in [6, 6.07) is 28.9. The molecule has 0 saturated heterocycles. The van der Waals surface area contributed by atoms with Gasteiger partial charge in [-0.3, -0.25) is 0 Å². The lowest BCUT2D eigenvalue weighted by molar-refractivity contribution is 0.665. The SMILES string of the molecule is [C-]#[N+]c1ccc(-c2c3oc4ccccc4c3c(-c3ccc(C)cc3[N+]#[C-])c3oc4ccccc4c23)c(C#N)c1. The molecule has 0 aliphatic rings. The first-order valence-corrected chi connectivity index (χ1v) is 12.3. The van der Waals surface area contributed by atoms with Crippen molar-refractivity contribution < 1.29 is 8.83 Å². The van der Waals surface area contributed by atoms with Crippen LogP contribution in [0.4, 0.5) is 11.4 Å². The highest BCUT2D eigenvalue weighted by atomic mass is 16.3. The number of benzene rings is 5. The highest BCUT2D eigenvalue weighted by Crippen LogP contribution is 2.52.